The monoisotopic (exact) mass is 429 g/mol. The molecule has 2 aliphatic rings. The minimum Gasteiger partial charge on any atom is -0.455 e. The van der Waals surface area contributed by atoms with E-state index in [9.17, 15) is 19.2 Å². The Morgan fingerprint density at radius 3 is 2.55 bits per heavy atom. The van der Waals surface area contributed by atoms with Gasteiger partial charge < -0.3 is 19.9 Å². The van der Waals surface area contributed by atoms with Crippen molar-refractivity contribution in [2.75, 3.05) is 31.6 Å². The van der Waals surface area contributed by atoms with Crippen LogP contribution in [0.3, 0.4) is 0 Å². The predicted octanol–water partition coefficient (Wildman–Crippen LogP) is 2.44. The third-order valence-electron chi connectivity index (χ3n) is 6.05. The maximum Gasteiger partial charge on any atom is 0.311 e. The van der Waals surface area contributed by atoms with Crippen LogP contribution in [-0.2, 0) is 19.1 Å². The fourth-order valence-corrected chi connectivity index (χ4v) is 4.33. The fourth-order valence-electron chi connectivity index (χ4n) is 4.33. The molecule has 1 heterocycles. The number of likely N-dealkylation sites (tertiary alicyclic amines) is 1. The first-order valence-electron chi connectivity index (χ1n) is 11.1. The molecule has 2 fully saturated rings. The largest absolute Gasteiger partial charge is 0.455 e. The van der Waals surface area contributed by atoms with Gasteiger partial charge in [0.1, 0.15) is 0 Å². The number of carbonyl (C=O) groups excluding carboxylic acids is 4. The molecule has 3 rings (SSSR count). The Kier molecular flexibility index (Phi) is 7.65. The Hall–Kier alpha value is -2.90. The summed E-state index contributed by atoms with van der Waals surface area (Å²) in [6.45, 7) is 4.96. The third kappa shape index (κ3) is 5.62. The van der Waals surface area contributed by atoms with E-state index in [0.717, 1.165) is 25.7 Å². The van der Waals surface area contributed by atoms with E-state index in [1.807, 2.05) is 13.8 Å². The van der Waals surface area contributed by atoms with Crippen LogP contribution in [0, 0.1) is 5.92 Å². The lowest BCUT2D eigenvalue weighted by Crippen LogP contribution is -2.35. The second kappa shape index (κ2) is 10.4. The minimum absolute atomic E-state index is 0.00649. The Morgan fingerprint density at radius 2 is 1.87 bits per heavy atom. The van der Waals surface area contributed by atoms with Gasteiger partial charge in [-0.2, -0.15) is 0 Å². The van der Waals surface area contributed by atoms with Gasteiger partial charge in [-0.15, -0.1) is 0 Å². The Labute approximate surface area is 182 Å². The molecule has 1 atom stereocenters. The minimum atomic E-state index is -0.519. The highest BCUT2D eigenvalue weighted by Gasteiger charge is 2.39. The molecule has 1 N–H and O–H groups in total. The fraction of sp³-hybridized carbons (Fsp3) is 0.565. The molecular weight excluding hydrogens is 398 g/mol. The van der Waals surface area contributed by atoms with Gasteiger partial charge in [0.25, 0.3) is 11.8 Å². The molecule has 1 aliphatic heterocycles. The van der Waals surface area contributed by atoms with Gasteiger partial charge in [-0.3, -0.25) is 19.2 Å². The second-order valence-corrected chi connectivity index (χ2v) is 8.10. The maximum absolute atomic E-state index is 12.5. The zero-order chi connectivity index (χ0) is 22.4. The van der Waals surface area contributed by atoms with Gasteiger partial charge in [0.2, 0.25) is 5.91 Å². The van der Waals surface area contributed by atoms with Crippen molar-refractivity contribution in [1.82, 2.24) is 9.80 Å². The van der Waals surface area contributed by atoms with E-state index in [-0.39, 0.29) is 24.3 Å². The van der Waals surface area contributed by atoms with Gasteiger partial charge in [0.15, 0.2) is 6.61 Å². The lowest BCUT2D eigenvalue weighted by atomic mass is 10.1. The average molecular weight is 430 g/mol. The number of esters is 1. The summed E-state index contributed by atoms with van der Waals surface area (Å²) in [4.78, 5) is 52.8. The quantitative estimate of drug-likeness (QED) is 0.641. The molecule has 8 heteroatoms. The maximum atomic E-state index is 12.5. The number of rotatable bonds is 8. The van der Waals surface area contributed by atoms with Crippen molar-refractivity contribution in [3.8, 4) is 0 Å². The number of anilines is 1. The highest BCUT2D eigenvalue weighted by Crippen LogP contribution is 2.29. The number of nitrogens with one attached hydrogen (secondary N) is 1. The first-order chi connectivity index (χ1) is 14.9. The summed E-state index contributed by atoms with van der Waals surface area (Å²) < 4.78 is 5.16. The molecule has 0 unspecified atom stereocenters. The molecule has 1 aromatic rings. The van der Waals surface area contributed by atoms with E-state index < -0.39 is 24.4 Å². The molecule has 0 aromatic heterocycles. The number of nitrogens with zero attached hydrogens (tertiary/aromatic N) is 2. The first kappa shape index (κ1) is 22.8. The highest BCUT2D eigenvalue weighted by atomic mass is 16.5. The molecule has 1 saturated carbocycles. The molecule has 168 valence electrons. The van der Waals surface area contributed by atoms with Crippen LogP contribution < -0.4 is 5.32 Å². The van der Waals surface area contributed by atoms with Crippen molar-refractivity contribution < 1.29 is 23.9 Å². The van der Waals surface area contributed by atoms with Crippen LogP contribution >= 0.6 is 0 Å². The average Bonchev–Trinajstić information content (AvgIpc) is 3.42. The van der Waals surface area contributed by atoms with E-state index in [0.29, 0.717) is 30.9 Å². The van der Waals surface area contributed by atoms with Gasteiger partial charge in [0.05, 0.1) is 5.92 Å². The molecule has 1 saturated heterocycles. The van der Waals surface area contributed by atoms with Crippen molar-refractivity contribution in [2.45, 2.75) is 52.0 Å². The predicted molar refractivity (Wildman–Crippen MR) is 115 cm³/mol. The molecule has 8 nitrogen and oxygen atoms in total. The molecule has 31 heavy (non-hydrogen) atoms. The first-order valence-corrected chi connectivity index (χ1v) is 11.1. The number of hydrogen-bond acceptors (Lipinski definition) is 5. The summed E-state index contributed by atoms with van der Waals surface area (Å²) >= 11 is 0. The van der Waals surface area contributed by atoms with E-state index >= 15 is 0 Å². The zero-order valence-corrected chi connectivity index (χ0v) is 18.3. The Balaban J connectivity index is 1.49. The van der Waals surface area contributed by atoms with Crippen LogP contribution in [0.1, 0.15) is 56.3 Å². The van der Waals surface area contributed by atoms with Crippen LogP contribution in [0.25, 0.3) is 0 Å². The van der Waals surface area contributed by atoms with Crippen LogP contribution in [0.15, 0.2) is 24.3 Å². The summed E-state index contributed by atoms with van der Waals surface area (Å²) in [5.41, 5.74) is 0.942. The molecular formula is C23H31N3O5. The molecule has 1 aliphatic carbocycles. The SMILES string of the molecule is CCN(CC)C(=O)c1cccc(NC(=O)COC(=O)[C@H]2CC(=O)N(C3CCCC3)C2)c1. The van der Waals surface area contributed by atoms with E-state index in [2.05, 4.69) is 5.32 Å². The van der Waals surface area contributed by atoms with Gasteiger partial charge in [-0.05, 0) is 44.9 Å². The summed E-state index contributed by atoms with van der Waals surface area (Å²) in [5.74, 6) is -1.64. The second-order valence-electron chi connectivity index (χ2n) is 8.10. The van der Waals surface area contributed by atoms with Gasteiger partial charge >= 0.3 is 5.97 Å². The Morgan fingerprint density at radius 1 is 1.16 bits per heavy atom. The molecule has 3 amide bonds. The van der Waals surface area contributed by atoms with Crippen molar-refractivity contribution in [3.63, 3.8) is 0 Å². The lowest BCUT2D eigenvalue weighted by molar-refractivity contribution is -0.151. The van der Waals surface area contributed by atoms with Crippen molar-refractivity contribution in [3.05, 3.63) is 29.8 Å². The van der Waals surface area contributed by atoms with Crippen LogP contribution in [0.5, 0.6) is 0 Å². The van der Waals surface area contributed by atoms with Crippen LogP contribution in [0.2, 0.25) is 0 Å². The smallest absolute Gasteiger partial charge is 0.311 e. The zero-order valence-electron chi connectivity index (χ0n) is 18.3. The lowest BCUT2D eigenvalue weighted by Gasteiger charge is -2.23. The Bertz CT molecular complexity index is 830. The molecule has 0 spiro atoms. The summed E-state index contributed by atoms with van der Waals surface area (Å²) in [5, 5.41) is 2.66. The number of hydrogen-bond donors (Lipinski definition) is 1. The number of amides is 3. The van der Waals surface area contributed by atoms with Gasteiger partial charge in [-0.25, -0.2) is 0 Å². The summed E-state index contributed by atoms with van der Waals surface area (Å²) in [6, 6.07) is 6.91. The summed E-state index contributed by atoms with van der Waals surface area (Å²) in [7, 11) is 0. The van der Waals surface area contributed by atoms with Crippen molar-refractivity contribution in [1.29, 1.82) is 0 Å². The normalized spacial score (nSPS) is 18.8. The van der Waals surface area contributed by atoms with Gasteiger partial charge in [0, 0.05) is 43.3 Å². The standard InChI is InChI=1S/C23H31N3O5/c1-3-25(4-2)22(29)16-8-7-9-18(12-16)24-20(27)15-31-23(30)17-13-21(28)26(14-17)19-10-5-6-11-19/h7-9,12,17,19H,3-6,10-11,13-15H2,1-2H3,(H,24,27)/t17-/m0/s1. The van der Waals surface area contributed by atoms with Crippen LogP contribution in [0.4, 0.5) is 5.69 Å². The van der Waals surface area contributed by atoms with Crippen molar-refractivity contribution in [2.24, 2.45) is 5.92 Å². The van der Waals surface area contributed by atoms with Gasteiger partial charge in [-0.1, -0.05) is 18.9 Å². The molecule has 0 radical (unpaired) electrons. The van der Waals surface area contributed by atoms with E-state index in [1.165, 1.54) is 0 Å². The highest BCUT2D eigenvalue weighted by molar-refractivity contribution is 5.98. The number of ether oxygens (including phenoxy) is 1. The molecule has 1 aromatic carbocycles. The summed E-state index contributed by atoms with van der Waals surface area (Å²) in [6.07, 6.45) is 4.36. The number of benzene rings is 1. The van der Waals surface area contributed by atoms with E-state index in [4.69, 9.17) is 4.74 Å². The van der Waals surface area contributed by atoms with Crippen molar-refractivity contribution >= 4 is 29.4 Å². The molecule has 0 bridgehead atoms. The number of carbonyl (C=O) groups is 4. The topological polar surface area (TPSA) is 96.0 Å². The van der Waals surface area contributed by atoms with Crippen LogP contribution in [-0.4, -0.2) is 65.8 Å². The van der Waals surface area contributed by atoms with E-state index in [1.54, 1.807) is 34.1 Å². The third-order valence-corrected chi connectivity index (χ3v) is 6.05.